The molecule has 1 aromatic carbocycles. The number of aliphatic imine (C=N–C) groups is 1. The van der Waals surface area contributed by atoms with Crippen LogP contribution in [0.2, 0.25) is 0 Å². The predicted molar refractivity (Wildman–Crippen MR) is 119 cm³/mol. The van der Waals surface area contributed by atoms with Gasteiger partial charge in [0.1, 0.15) is 9.84 Å². The summed E-state index contributed by atoms with van der Waals surface area (Å²) in [4.78, 5) is 6.70. The average Bonchev–Trinajstić information content (AvgIpc) is 2.95. The molecule has 0 spiro atoms. The summed E-state index contributed by atoms with van der Waals surface area (Å²) in [5.74, 6) is 0.747. The van der Waals surface area contributed by atoms with Gasteiger partial charge in [0.15, 0.2) is 5.96 Å². The van der Waals surface area contributed by atoms with Gasteiger partial charge in [-0.1, -0.05) is 12.1 Å². The van der Waals surface area contributed by atoms with Crippen LogP contribution in [0.5, 0.6) is 0 Å². The lowest BCUT2D eigenvalue weighted by molar-refractivity contribution is 0.601. The minimum atomic E-state index is -2.99. The van der Waals surface area contributed by atoms with Crippen molar-refractivity contribution in [1.82, 2.24) is 10.6 Å². The average molecular weight is 545 g/mol. The van der Waals surface area contributed by atoms with Crippen LogP contribution in [0.4, 0.5) is 5.69 Å². The number of benzene rings is 1. The first-order chi connectivity index (χ1) is 11.4. The molecule has 1 saturated heterocycles. The summed E-state index contributed by atoms with van der Waals surface area (Å²) in [6.45, 7) is 4.87. The molecular weight excluding hydrogens is 519 g/mol. The van der Waals surface area contributed by atoms with Gasteiger partial charge in [-0.2, -0.15) is 0 Å². The van der Waals surface area contributed by atoms with Crippen LogP contribution < -0.4 is 15.5 Å². The molecule has 6 nitrogen and oxygen atoms in total. The normalized spacial score (nSPS) is 18.0. The molecule has 9 heteroatoms. The Morgan fingerprint density at radius 3 is 2.76 bits per heavy atom. The minimum absolute atomic E-state index is 0. The Hall–Kier alpha value is -0.550. The van der Waals surface area contributed by atoms with Crippen molar-refractivity contribution in [3.63, 3.8) is 0 Å². The summed E-state index contributed by atoms with van der Waals surface area (Å²) in [5.41, 5.74) is 1.20. The Morgan fingerprint density at radius 1 is 1.40 bits per heavy atom. The second-order valence-electron chi connectivity index (χ2n) is 5.92. The number of hydrogen-bond acceptors (Lipinski definition) is 4. The smallest absolute Gasteiger partial charge is 0.191 e. The fraction of sp³-hybridized carbons (Fsp3) is 0.562. The van der Waals surface area contributed by atoms with Crippen LogP contribution in [0, 0.1) is 0 Å². The van der Waals surface area contributed by atoms with Crippen molar-refractivity contribution in [2.24, 2.45) is 4.99 Å². The molecule has 0 bridgehead atoms. The van der Waals surface area contributed by atoms with Crippen molar-refractivity contribution in [3.05, 3.63) is 28.7 Å². The quantitative estimate of drug-likeness (QED) is 0.326. The third-order valence-corrected chi connectivity index (χ3v) is 5.39. The topological polar surface area (TPSA) is 73.8 Å². The molecule has 1 aliphatic rings. The minimum Gasteiger partial charge on any atom is -0.368 e. The Bertz CT molecular complexity index is 684. The lowest BCUT2D eigenvalue weighted by atomic mass is 10.3. The fourth-order valence-electron chi connectivity index (χ4n) is 2.64. The zero-order valence-corrected chi connectivity index (χ0v) is 19.3. The first-order valence-corrected chi connectivity index (χ1v) is 11.0. The third-order valence-electron chi connectivity index (χ3n) is 3.80. The van der Waals surface area contributed by atoms with Gasteiger partial charge in [0, 0.05) is 36.4 Å². The first-order valence-electron chi connectivity index (χ1n) is 8.11. The van der Waals surface area contributed by atoms with E-state index >= 15 is 0 Å². The van der Waals surface area contributed by atoms with E-state index in [1.807, 2.05) is 25.1 Å². The van der Waals surface area contributed by atoms with Crippen molar-refractivity contribution in [1.29, 1.82) is 0 Å². The summed E-state index contributed by atoms with van der Waals surface area (Å²) in [5, 5.41) is 6.59. The molecule has 0 radical (unpaired) electrons. The molecule has 142 valence electrons. The molecule has 0 amide bonds. The standard InChI is InChI=1S/C16H25BrN4O2S.HI/c1-3-18-16(19-9-11-24(2,22)23)20-13-8-10-21(12-13)15-7-5-4-6-14(15)17;/h4-7,13H,3,8-12H2,1-2H3,(H2,18,19,20);1H. The van der Waals surface area contributed by atoms with Crippen molar-refractivity contribution < 1.29 is 8.42 Å². The zero-order valence-electron chi connectivity index (χ0n) is 14.5. The van der Waals surface area contributed by atoms with Crippen molar-refractivity contribution in [2.45, 2.75) is 19.4 Å². The molecule has 1 heterocycles. The fourth-order valence-corrected chi connectivity index (χ4v) is 3.60. The molecule has 1 fully saturated rings. The number of nitrogens with zero attached hydrogens (tertiary/aromatic N) is 2. The van der Waals surface area contributed by atoms with Crippen molar-refractivity contribution in [2.75, 3.05) is 43.1 Å². The molecular formula is C16H26BrIN4O2S. The third kappa shape index (κ3) is 7.69. The summed E-state index contributed by atoms with van der Waals surface area (Å²) in [6.07, 6.45) is 2.24. The van der Waals surface area contributed by atoms with Gasteiger partial charge in [0.2, 0.25) is 0 Å². The number of guanidine groups is 1. The number of rotatable bonds is 6. The molecule has 0 aliphatic carbocycles. The van der Waals surface area contributed by atoms with Crippen LogP contribution in [-0.4, -0.2) is 58.6 Å². The van der Waals surface area contributed by atoms with E-state index < -0.39 is 9.84 Å². The Balaban J connectivity index is 0.00000312. The Kier molecular flexibility index (Phi) is 9.50. The van der Waals surface area contributed by atoms with Crippen LogP contribution in [0.15, 0.2) is 33.7 Å². The number of sulfone groups is 1. The largest absolute Gasteiger partial charge is 0.368 e. The molecule has 0 aromatic heterocycles. The summed E-state index contributed by atoms with van der Waals surface area (Å²) >= 11 is 3.60. The number of para-hydroxylation sites is 1. The van der Waals surface area contributed by atoms with Gasteiger partial charge in [-0.25, -0.2) is 8.42 Å². The monoisotopic (exact) mass is 544 g/mol. The highest BCUT2D eigenvalue weighted by Crippen LogP contribution is 2.28. The van der Waals surface area contributed by atoms with Crippen LogP contribution >= 0.6 is 39.9 Å². The Labute approximate surface area is 175 Å². The number of hydrogen-bond donors (Lipinski definition) is 2. The highest BCUT2D eigenvalue weighted by molar-refractivity contribution is 14.0. The second-order valence-corrected chi connectivity index (χ2v) is 9.03. The van der Waals surface area contributed by atoms with Crippen LogP contribution in [-0.2, 0) is 9.84 Å². The van der Waals surface area contributed by atoms with E-state index in [1.54, 1.807) is 0 Å². The highest BCUT2D eigenvalue weighted by atomic mass is 127. The number of nitrogens with one attached hydrogen (secondary N) is 2. The van der Waals surface area contributed by atoms with E-state index in [4.69, 9.17) is 0 Å². The van der Waals surface area contributed by atoms with E-state index in [9.17, 15) is 8.42 Å². The van der Waals surface area contributed by atoms with Gasteiger partial charge in [0.25, 0.3) is 0 Å². The first kappa shape index (κ1) is 22.5. The highest BCUT2D eigenvalue weighted by Gasteiger charge is 2.24. The molecule has 1 aromatic rings. The van der Waals surface area contributed by atoms with Gasteiger partial charge >= 0.3 is 0 Å². The summed E-state index contributed by atoms with van der Waals surface area (Å²) < 4.78 is 23.5. The van der Waals surface area contributed by atoms with E-state index in [2.05, 4.69) is 42.5 Å². The molecule has 0 saturated carbocycles. The SMILES string of the molecule is CCNC(=NCCS(C)(=O)=O)NC1CCN(c2ccccc2Br)C1.I. The maximum Gasteiger partial charge on any atom is 0.191 e. The molecule has 1 aliphatic heterocycles. The lowest BCUT2D eigenvalue weighted by Crippen LogP contribution is -2.44. The van der Waals surface area contributed by atoms with Crippen molar-refractivity contribution >= 4 is 61.4 Å². The van der Waals surface area contributed by atoms with Crippen LogP contribution in [0.3, 0.4) is 0 Å². The van der Waals surface area contributed by atoms with E-state index in [1.165, 1.54) is 11.9 Å². The van der Waals surface area contributed by atoms with Gasteiger partial charge in [-0.3, -0.25) is 4.99 Å². The van der Waals surface area contributed by atoms with E-state index in [0.29, 0.717) is 5.96 Å². The summed E-state index contributed by atoms with van der Waals surface area (Å²) in [7, 11) is -2.99. The van der Waals surface area contributed by atoms with Gasteiger partial charge in [-0.15, -0.1) is 24.0 Å². The molecule has 2 N–H and O–H groups in total. The van der Waals surface area contributed by atoms with Gasteiger partial charge < -0.3 is 15.5 Å². The predicted octanol–water partition coefficient (Wildman–Crippen LogP) is 2.25. The maximum atomic E-state index is 11.2. The maximum absolute atomic E-state index is 11.2. The summed E-state index contributed by atoms with van der Waals surface area (Å²) in [6, 6.07) is 8.49. The van der Waals surface area contributed by atoms with Crippen LogP contribution in [0.1, 0.15) is 13.3 Å². The zero-order chi connectivity index (χ0) is 17.6. The van der Waals surface area contributed by atoms with Crippen molar-refractivity contribution in [3.8, 4) is 0 Å². The molecule has 1 atom stereocenters. The molecule has 2 rings (SSSR count). The van der Waals surface area contributed by atoms with Crippen LogP contribution in [0.25, 0.3) is 0 Å². The van der Waals surface area contributed by atoms with E-state index in [0.717, 1.165) is 30.5 Å². The second kappa shape index (κ2) is 10.6. The molecule has 1 unspecified atom stereocenters. The number of anilines is 1. The van der Waals surface area contributed by atoms with Gasteiger partial charge in [-0.05, 0) is 41.4 Å². The van der Waals surface area contributed by atoms with E-state index in [-0.39, 0.29) is 42.3 Å². The molecule has 25 heavy (non-hydrogen) atoms. The number of halogens is 2. The van der Waals surface area contributed by atoms with Gasteiger partial charge in [0.05, 0.1) is 18.0 Å². The Morgan fingerprint density at radius 2 is 2.12 bits per heavy atom. The lowest BCUT2D eigenvalue weighted by Gasteiger charge is -2.21.